The Bertz CT molecular complexity index is 1740. The van der Waals surface area contributed by atoms with Crippen molar-refractivity contribution in [3.8, 4) is 0 Å². The first-order valence-electron chi connectivity index (χ1n) is 20.6. The molecular weight excluding hydrogens is 631 g/mol. The zero-order valence-electron chi connectivity index (χ0n) is 31.7. The normalized spacial score (nSPS) is 43.9. The predicted octanol–water partition coefficient (Wildman–Crippen LogP) is 10.4. The van der Waals surface area contributed by atoms with E-state index >= 15 is 0 Å². The van der Waals surface area contributed by atoms with Crippen LogP contribution in [0.5, 0.6) is 0 Å². The monoisotopic (exact) mass is 689 g/mol. The number of ether oxygens (including phenoxy) is 2. The molecule has 1 aromatic heterocycles. The molecule has 0 radical (unpaired) electrons. The third-order valence-corrected chi connectivity index (χ3v) is 16.7. The minimum Gasteiger partial charge on any atom is -0.462 e. The number of carbonyl (C=O) groups excluding carboxylic acids is 2. The summed E-state index contributed by atoms with van der Waals surface area (Å²) in [5.41, 5.74) is 10.1. The van der Waals surface area contributed by atoms with Crippen LogP contribution in [0.3, 0.4) is 0 Å². The van der Waals surface area contributed by atoms with Crippen LogP contribution in [0.2, 0.25) is 0 Å². The van der Waals surface area contributed by atoms with Crippen LogP contribution in [0, 0.1) is 57.7 Å². The Hall–Kier alpha value is -2.95. The number of rotatable bonds is 4. The molecule has 0 amide bonds. The molecule has 0 N–H and O–H groups in total. The van der Waals surface area contributed by atoms with Gasteiger partial charge in [-0.25, -0.2) is 0 Å². The standard InChI is InChI=1S/C46H59NO4/c1-27(48)50-32-10-13-34-29(23-32)8-11-36-35(34)17-20-45(4)39(36)14-15-40(45)38-25-42-37-12-9-31-24-33(51-28(2)49)16-19-44(31,3)41(37)18-21-46(42,5)43(38)30-7-6-22-47-26-30/h6-9,15,22,26,32-37,39,41-42H,10-14,16-21,23-25H2,1-5H3/t32-,33-,34-,35+,36+,37+,39-,41-,42-,44-,45-,46-/m0/s1. The van der Waals surface area contributed by atoms with Gasteiger partial charge in [0.1, 0.15) is 12.2 Å². The van der Waals surface area contributed by atoms with Crippen molar-refractivity contribution in [3.05, 3.63) is 70.6 Å². The summed E-state index contributed by atoms with van der Waals surface area (Å²) in [6.45, 7) is 11.0. The van der Waals surface area contributed by atoms with E-state index in [4.69, 9.17) is 14.5 Å². The third kappa shape index (κ3) is 5.24. The molecule has 0 saturated heterocycles. The molecule has 5 heteroatoms. The highest BCUT2D eigenvalue weighted by atomic mass is 16.5. The highest BCUT2D eigenvalue weighted by Crippen LogP contribution is 2.71. The largest absolute Gasteiger partial charge is 0.462 e. The van der Waals surface area contributed by atoms with E-state index in [1.807, 2.05) is 6.20 Å². The Morgan fingerprint density at radius 2 is 1.45 bits per heavy atom. The second kappa shape index (κ2) is 12.3. The van der Waals surface area contributed by atoms with E-state index in [9.17, 15) is 9.59 Å². The number of esters is 2. The molecule has 272 valence electrons. The molecule has 8 aliphatic rings. The van der Waals surface area contributed by atoms with Gasteiger partial charge in [0.05, 0.1) is 0 Å². The maximum absolute atomic E-state index is 11.8. The summed E-state index contributed by atoms with van der Waals surface area (Å²) >= 11 is 0. The second-order valence-electron chi connectivity index (χ2n) is 18.9. The van der Waals surface area contributed by atoms with Crippen molar-refractivity contribution >= 4 is 17.5 Å². The number of hydrogen-bond acceptors (Lipinski definition) is 5. The van der Waals surface area contributed by atoms with Crippen LogP contribution < -0.4 is 0 Å². The Morgan fingerprint density at radius 1 is 0.706 bits per heavy atom. The Morgan fingerprint density at radius 3 is 2.22 bits per heavy atom. The van der Waals surface area contributed by atoms with Crippen molar-refractivity contribution in [2.45, 2.75) is 137 Å². The highest BCUT2D eigenvalue weighted by molar-refractivity contribution is 5.80. The summed E-state index contributed by atoms with van der Waals surface area (Å²) in [5.74, 6) is 4.62. The first kappa shape index (κ1) is 33.9. The van der Waals surface area contributed by atoms with E-state index in [0.29, 0.717) is 29.6 Å². The minimum atomic E-state index is -0.141. The fraction of sp³-hybridized carbons (Fsp3) is 0.674. The van der Waals surface area contributed by atoms with Crippen LogP contribution in [0.25, 0.3) is 5.57 Å². The molecule has 0 bridgehead atoms. The van der Waals surface area contributed by atoms with Gasteiger partial charge in [-0.1, -0.05) is 56.2 Å². The SMILES string of the molecule is CC(=O)O[C@H]1CC[C@H]2C(=CC[C@@H]3[C@@H]2CC[C@]2(C)C(C4=C(c5cccnc5)[C@@]5(C)CC[C@H]6[C@@H](CC=C7C[C@@H](OC(C)=O)CC[C@@]76C)[C@@H]5C4)=CC[C@@H]32)C1. The quantitative estimate of drug-likeness (QED) is 0.233. The van der Waals surface area contributed by atoms with Gasteiger partial charge in [-0.2, -0.15) is 0 Å². The first-order chi connectivity index (χ1) is 24.5. The molecule has 1 heterocycles. The molecule has 5 nitrogen and oxygen atoms in total. The Labute approximate surface area is 305 Å². The van der Waals surface area contributed by atoms with Crippen molar-refractivity contribution in [2.75, 3.05) is 0 Å². The average Bonchev–Trinajstić information content (AvgIpc) is 3.61. The molecule has 0 aliphatic heterocycles. The molecule has 4 fully saturated rings. The van der Waals surface area contributed by atoms with Crippen LogP contribution in [-0.2, 0) is 19.1 Å². The zero-order chi connectivity index (χ0) is 35.3. The molecule has 0 unspecified atom stereocenters. The van der Waals surface area contributed by atoms with E-state index in [2.05, 4.69) is 57.3 Å². The first-order valence-corrected chi connectivity index (χ1v) is 20.6. The van der Waals surface area contributed by atoms with Crippen LogP contribution in [0.4, 0.5) is 0 Å². The fourth-order valence-electron chi connectivity index (χ4n) is 14.5. The molecule has 4 saturated carbocycles. The van der Waals surface area contributed by atoms with Crippen molar-refractivity contribution < 1.29 is 19.1 Å². The number of carbonyl (C=O) groups is 2. The van der Waals surface area contributed by atoms with Gasteiger partial charge in [0, 0.05) is 39.1 Å². The third-order valence-electron chi connectivity index (χ3n) is 16.7. The van der Waals surface area contributed by atoms with Crippen LogP contribution in [0.15, 0.2) is 65.0 Å². The molecule has 12 atom stereocenters. The fourth-order valence-corrected chi connectivity index (χ4v) is 14.5. The molecule has 9 rings (SSSR count). The highest BCUT2D eigenvalue weighted by Gasteiger charge is 2.61. The summed E-state index contributed by atoms with van der Waals surface area (Å²) in [7, 11) is 0. The van der Waals surface area contributed by atoms with E-state index in [0.717, 1.165) is 50.4 Å². The van der Waals surface area contributed by atoms with E-state index in [1.165, 1.54) is 56.9 Å². The van der Waals surface area contributed by atoms with Gasteiger partial charge in [0.15, 0.2) is 0 Å². The summed E-state index contributed by atoms with van der Waals surface area (Å²) in [6.07, 6.45) is 28.2. The Kier molecular flexibility index (Phi) is 8.17. The van der Waals surface area contributed by atoms with Gasteiger partial charge in [0.25, 0.3) is 0 Å². The lowest BCUT2D eigenvalue weighted by Gasteiger charge is -2.57. The lowest BCUT2D eigenvalue weighted by Crippen LogP contribution is -2.50. The molecule has 0 spiro atoms. The van der Waals surface area contributed by atoms with Crippen molar-refractivity contribution in [3.63, 3.8) is 0 Å². The number of fused-ring (bicyclic) bond motifs is 10. The lowest BCUT2D eigenvalue weighted by atomic mass is 9.47. The maximum atomic E-state index is 11.8. The van der Waals surface area contributed by atoms with Gasteiger partial charge >= 0.3 is 11.9 Å². The van der Waals surface area contributed by atoms with E-state index in [-0.39, 0.29) is 40.4 Å². The van der Waals surface area contributed by atoms with Gasteiger partial charge in [-0.3, -0.25) is 14.6 Å². The average molecular weight is 690 g/mol. The summed E-state index contributed by atoms with van der Waals surface area (Å²) in [4.78, 5) is 28.3. The Balaban J connectivity index is 1.02. The number of pyridine rings is 1. The number of hydrogen-bond donors (Lipinski definition) is 0. The predicted molar refractivity (Wildman–Crippen MR) is 200 cm³/mol. The van der Waals surface area contributed by atoms with Crippen molar-refractivity contribution in [2.24, 2.45) is 57.7 Å². The maximum Gasteiger partial charge on any atom is 0.302 e. The minimum absolute atomic E-state index is 0.0456. The van der Waals surface area contributed by atoms with Gasteiger partial charge < -0.3 is 9.47 Å². The van der Waals surface area contributed by atoms with E-state index in [1.54, 1.807) is 41.7 Å². The van der Waals surface area contributed by atoms with Gasteiger partial charge in [-0.05, 0) is 163 Å². The number of allylic oxidation sites excluding steroid dienone is 6. The van der Waals surface area contributed by atoms with Crippen molar-refractivity contribution in [1.29, 1.82) is 0 Å². The lowest BCUT2D eigenvalue weighted by molar-refractivity contribution is -0.149. The van der Waals surface area contributed by atoms with Gasteiger partial charge in [-0.15, -0.1) is 0 Å². The zero-order valence-corrected chi connectivity index (χ0v) is 31.7. The molecule has 0 aromatic carbocycles. The molecular formula is C46H59NO4. The van der Waals surface area contributed by atoms with Crippen LogP contribution in [-0.4, -0.2) is 29.1 Å². The molecule has 1 aromatic rings. The van der Waals surface area contributed by atoms with Crippen LogP contribution in [0.1, 0.15) is 130 Å². The number of nitrogens with zero attached hydrogens (tertiary/aromatic N) is 1. The topological polar surface area (TPSA) is 65.5 Å². The van der Waals surface area contributed by atoms with Crippen molar-refractivity contribution in [1.82, 2.24) is 4.98 Å². The smallest absolute Gasteiger partial charge is 0.302 e. The summed E-state index contributed by atoms with van der Waals surface area (Å²) < 4.78 is 11.4. The molecule has 51 heavy (non-hydrogen) atoms. The van der Waals surface area contributed by atoms with E-state index < -0.39 is 0 Å². The number of aromatic nitrogens is 1. The summed E-state index contributed by atoms with van der Waals surface area (Å²) in [5, 5.41) is 0. The second-order valence-corrected chi connectivity index (χ2v) is 18.9. The molecule has 8 aliphatic carbocycles. The summed E-state index contributed by atoms with van der Waals surface area (Å²) in [6, 6.07) is 4.51. The van der Waals surface area contributed by atoms with Crippen LogP contribution >= 0.6 is 0 Å². The van der Waals surface area contributed by atoms with Gasteiger partial charge in [0.2, 0.25) is 0 Å².